The van der Waals surface area contributed by atoms with Crippen LogP contribution in [0.5, 0.6) is 0 Å². The molecule has 1 nitrogen and oxygen atoms in total. The number of hydrogen-bond acceptors (Lipinski definition) is 1. The van der Waals surface area contributed by atoms with E-state index in [-0.39, 0.29) is 6.04 Å². The molecule has 1 aromatic rings. The molecule has 1 atom stereocenters. The highest BCUT2D eigenvalue weighted by Gasteiger charge is 2.22. The standard InChI is InChI=1S/C10H10ClF2N/c11-9-7(12)4-3-6(10(9)13)8-2-1-5-14-8/h3-4,8,14H,1-2,5H2. The van der Waals surface area contributed by atoms with Crippen molar-refractivity contribution in [1.82, 2.24) is 5.32 Å². The van der Waals surface area contributed by atoms with Gasteiger partial charge in [-0.3, -0.25) is 0 Å². The van der Waals surface area contributed by atoms with E-state index in [0.29, 0.717) is 5.56 Å². The SMILES string of the molecule is Fc1ccc(C2CCCN2)c(F)c1Cl. The van der Waals surface area contributed by atoms with Crippen LogP contribution in [0, 0.1) is 11.6 Å². The average molecular weight is 218 g/mol. The first kappa shape index (κ1) is 9.87. The third-order valence-electron chi connectivity index (χ3n) is 2.50. The van der Waals surface area contributed by atoms with Gasteiger partial charge in [-0.05, 0) is 25.5 Å². The Balaban J connectivity index is 2.38. The van der Waals surface area contributed by atoms with Crippen molar-refractivity contribution in [1.29, 1.82) is 0 Å². The first-order valence-electron chi connectivity index (χ1n) is 4.57. The van der Waals surface area contributed by atoms with Crippen molar-refractivity contribution >= 4 is 11.6 Å². The van der Waals surface area contributed by atoms with E-state index >= 15 is 0 Å². The highest BCUT2D eigenvalue weighted by atomic mass is 35.5. The third-order valence-corrected chi connectivity index (χ3v) is 2.85. The summed E-state index contributed by atoms with van der Waals surface area (Å²) in [5, 5.41) is 2.73. The summed E-state index contributed by atoms with van der Waals surface area (Å²) in [7, 11) is 0. The lowest BCUT2D eigenvalue weighted by Gasteiger charge is -2.12. The summed E-state index contributed by atoms with van der Waals surface area (Å²) in [6, 6.07) is 2.65. The van der Waals surface area contributed by atoms with Gasteiger partial charge in [-0.2, -0.15) is 0 Å². The van der Waals surface area contributed by atoms with Gasteiger partial charge in [0.1, 0.15) is 16.7 Å². The van der Waals surface area contributed by atoms with E-state index in [1.807, 2.05) is 0 Å². The van der Waals surface area contributed by atoms with Gasteiger partial charge in [-0.1, -0.05) is 17.7 Å². The quantitative estimate of drug-likeness (QED) is 0.713. The molecule has 1 aliphatic heterocycles. The van der Waals surface area contributed by atoms with Crippen molar-refractivity contribution in [3.8, 4) is 0 Å². The molecule has 76 valence electrons. The second-order valence-corrected chi connectivity index (χ2v) is 3.79. The van der Waals surface area contributed by atoms with Gasteiger partial charge in [0.05, 0.1) is 0 Å². The van der Waals surface area contributed by atoms with Crippen molar-refractivity contribution in [2.45, 2.75) is 18.9 Å². The molecule has 14 heavy (non-hydrogen) atoms. The summed E-state index contributed by atoms with van der Waals surface area (Å²) in [6.07, 6.45) is 1.89. The predicted octanol–water partition coefficient (Wildman–Crippen LogP) is 3.04. The summed E-state index contributed by atoms with van der Waals surface area (Å²) in [5.74, 6) is -1.34. The molecule has 2 rings (SSSR count). The lowest BCUT2D eigenvalue weighted by Crippen LogP contribution is -2.14. The Kier molecular flexibility index (Phi) is 2.70. The smallest absolute Gasteiger partial charge is 0.149 e. The molecule has 0 aliphatic carbocycles. The van der Waals surface area contributed by atoms with Crippen LogP contribution in [-0.4, -0.2) is 6.54 Å². The minimum absolute atomic E-state index is 0.0203. The summed E-state index contributed by atoms with van der Waals surface area (Å²) >= 11 is 5.48. The molecule has 1 aromatic carbocycles. The van der Waals surface area contributed by atoms with Gasteiger partial charge in [0.2, 0.25) is 0 Å². The topological polar surface area (TPSA) is 12.0 Å². The summed E-state index contributed by atoms with van der Waals surface area (Å²) < 4.78 is 26.4. The van der Waals surface area contributed by atoms with Crippen molar-refractivity contribution < 1.29 is 8.78 Å². The molecule has 0 bridgehead atoms. The second-order valence-electron chi connectivity index (χ2n) is 3.41. The van der Waals surface area contributed by atoms with Gasteiger partial charge in [-0.15, -0.1) is 0 Å². The zero-order valence-electron chi connectivity index (χ0n) is 7.49. The molecule has 1 heterocycles. The molecular formula is C10H10ClF2N. The molecule has 1 fully saturated rings. The Bertz CT molecular complexity index is 348. The maximum absolute atomic E-state index is 13.5. The Morgan fingerprint density at radius 2 is 2.14 bits per heavy atom. The first-order chi connectivity index (χ1) is 6.70. The van der Waals surface area contributed by atoms with Crippen LogP contribution in [0.1, 0.15) is 24.4 Å². The number of benzene rings is 1. The molecule has 1 aliphatic rings. The van der Waals surface area contributed by atoms with Gasteiger partial charge in [-0.25, -0.2) is 8.78 Å². The Hall–Kier alpha value is -0.670. The molecule has 0 spiro atoms. The average Bonchev–Trinajstić information content (AvgIpc) is 2.67. The fraction of sp³-hybridized carbons (Fsp3) is 0.400. The minimum Gasteiger partial charge on any atom is -0.310 e. The van der Waals surface area contributed by atoms with Crippen LogP contribution in [0.15, 0.2) is 12.1 Å². The van der Waals surface area contributed by atoms with E-state index < -0.39 is 16.7 Å². The fourth-order valence-electron chi connectivity index (χ4n) is 1.76. The van der Waals surface area contributed by atoms with Crippen LogP contribution < -0.4 is 5.32 Å². The Labute approximate surface area is 86.1 Å². The normalized spacial score (nSPS) is 21.5. The lowest BCUT2D eigenvalue weighted by atomic mass is 10.0. The molecule has 4 heteroatoms. The van der Waals surface area contributed by atoms with Crippen LogP contribution in [0.4, 0.5) is 8.78 Å². The fourth-order valence-corrected chi connectivity index (χ4v) is 1.93. The van der Waals surface area contributed by atoms with Crippen LogP contribution >= 0.6 is 11.6 Å². The van der Waals surface area contributed by atoms with Gasteiger partial charge in [0.25, 0.3) is 0 Å². The van der Waals surface area contributed by atoms with Crippen molar-refractivity contribution in [3.05, 3.63) is 34.4 Å². The Morgan fingerprint density at radius 1 is 1.36 bits per heavy atom. The number of rotatable bonds is 1. The minimum atomic E-state index is -0.703. The van der Waals surface area contributed by atoms with E-state index in [1.54, 1.807) is 0 Å². The predicted molar refractivity (Wildman–Crippen MR) is 51.3 cm³/mol. The van der Waals surface area contributed by atoms with Crippen LogP contribution in [0.25, 0.3) is 0 Å². The number of nitrogens with one attached hydrogen (secondary N) is 1. The summed E-state index contributed by atoms with van der Waals surface area (Å²) in [5.41, 5.74) is 0.467. The largest absolute Gasteiger partial charge is 0.310 e. The molecule has 0 aromatic heterocycles. The van der Waals surface area contributed by atoms with Crippen molar-refractivity contribution in [2.75, 3.05) is 6.54 Å². The van der Waals surface area contributed by atoms with Crippen LogP contribution in [0.2, 0.25) is 5.02 Å². The monoisotopic (exact) mass is 217 g/mol. The molecule has 0 radical (unpaired) electrons. The van der Waals surface area contributed by atoms with E-state index in [0.717, 1.165) is 19.4 Å². The van der Waals surface area contributed by atoms with E-state index in [9.17, 15) is 8.78 Å². The number of hydrogen-bond donors (Lipinski definition) is 1. The van der Waals surface area contributed by atoms with Crippen molar-refractivity contribution in [2.24, 2.45) is 0 Å². The zero-order chi connectivity index (χ0) is 10.1. The van der Waals surface area contributed by atoms with Gasteiger partial charge >= 0.3 is 0 Å². The molecule has 1 saturated heterocycles. The van der Waals surface area contributed by atoms with Gasteiger partial charge < -0.3 is 5.32 Å². The maximum atomic E-state index is 13.5. The van der Waals surface area contributed by atoms with E-state index in [1.165, 1.54) is 12.1 Å². The van der Waals surface area contributed by atoms with Gasteiger partial charge in [0, 0.05) is 11.6 Å². The van der Waals surface area contributed by atoms with Gasteiger partial charge in [0.15, 0.2) is 0 Å². The molecular weight excluding hydrogens is 208 g/mol. The van der Waals surface area contributed by atoms with E-state index in [4.69, 9.17) is 11.6 Å². The summed E-state index contributed by atoms with van der Waals surface area (Å²) in [6.45, 7) is 0.874. The molecule has 1 N–H and O–H groups in total. The van der Waals surface area contributed by atoms with Crippen molar-refractivity contribution in [3.63, 3.8) is 0 Å². The second kappa shape index (κ2) is 3.83. The first-order valence-corrected chi connectivity index (χ1v) is 4.94. The van der Waals surface area contributed by atoms with E-state index in [2.05, 4.69) is 5.32 Å². The van der Waals surface area contributed by atoms with Crippen LogP contribution in [0.3, 0.4) is 0 Å². The maximum Gasteiger partial charge on any atom is 0.149 e. The Morgan fingerprint density at radius 3 is 2.79 bits per heavy atom. The molecule has 0 amide bonds. The highest BCUT2D eigenvalue weighted by molar-refractivity contribution is 6.30. The number of halogens is 3. The third kappa shape index (κ3) is 1.62. The highest BCUT2D eigenvalue weighted by Crippen LogP contribution is 2.30. The molecule has 0 saturated carbocycles. The summed E-state index contributed by atoms with van der Waals surface area (Å²) in [4.78, 5) is 0. The molecule has 1 unspecified atom stereocenters. The zero-order valence-corrected chi connectivity index (χ0v) is 8.24. The van der Waals surface area contributed by atoms with Crippen LogP contribution in [-0.2, 0) is 0 Å². The lowest BCUT2D eigenvalue weighted by molar-refractivity contribution is 0.540.